The molecule has 2 heterocycles. The van der Waals surface area contributed by atoms with E-state index in [4.69, 9.17) is 11.6 Å². The van der Waals surface area contributed by atoms with Gasteiger partial charge in [0.1, 0.15) is 4.90 Å². The second-order valence-corrected chi connectivity index (χ2v) is 12.6. The summed E-state index contributed by atoms with van der Waals surface area (Å²) in [6.45, 7) is 0.522. The summed E-state index contributed by atoms with van der Waals surface area (Å²) in [5.74, 6) is -0.650. The molecule has 1 aliphatic carbocycles. The van der Waals surface area contributed by atoms with Crippen LogP contribution in [0.15, 0.2) is 65.6 Å². The molecule has 196 valence electrons. The maximum absolute atomic E-state index is 14.2. The van der Waals surface area contributed by atoms with Crippen LogP contribution in [0.5, 0.6) is 0 Å². The highest BCUT2D eigenvalue weighted by molar-refractivity contribution is 7.89. The zero-order valence-electron chi connectivity index (χ0n) is 21.0. The third-order valence-corrected chi connectivity index (χ3v) is 10.4. The summed E-state index contributed by atoms with van der Waals surface area (Å²) >= 11 is 6.83. The van der Waals surface area contributed by atoms with Gasteiger partial charge in [-0.25, -0.2) is 8.42 Å². The topological polar surface area (TPSA) is 86.8 Å². The highest BCUT2D eigenvalue weighted by Gasteiger charge is 2.41. The van der Waals surface area contributed by atoms with E-state index in [1.165, 1.54) is 6.42 Å². The SMILES string of the molecule is CN1[C@H](C2CCCCC2)CN(c2ccccc2)c2cc(Cl)c(-c3ccc4c(c3)C(=O)NC4=O)cc2S1(=O)=O. The van der Waals surface area contributed by atoms with E-state index < -0.39 is 21.8 Å². The largest absolute Gasteiger partial charge is 0.339 e. The summed E-state index contributed by atoms with van der Waals surface area (Å²) in [4.78, 5) is 26.5. The summed E-state index contributed by atoms with van der Waals surface area (Å²) in [6.07, 6.45) is 5.41. The first kappa shape index (κ1) is 25.1. The molecule has 1 fully saturated rings. The maximum Gasteiger partial charge on any atom is 0.258 e. The summed E-state index contributed by atoms with van der Waals surface area (Å²) < 4.78 is 29.9. The minimum atomic E-state index is -3.88. The van der Waals surface area contributed by atoms with Crippen molar-refractivity contribution >= 4 is 44.8 Å². The van der Waals surface area contributed by atoms with Gasteiger partial charge < -0.3 is 4.90 Å². The van der Waals surface area contributed by atoms with Crippen LogP contribution in [0.25, 0.3) is 11.1 Å². The number of sulfonamides is 1. The number of hydrogen-bond acceptors (Lipinski definition) is 5. The Morgan fingerprint density at radius 3 is 2.32 bits per heavy atom. The van der Waals surface area contributed by atoms with Crippen LogP contribution in [0.1, 0.15) is 52.8 Å². The lowest BCUT2D eigenvalue weighted by molar-refractivity contribution is 0.0879. The lowest BCUT2D eigenvalue weighted by Gasteiger charge is -2.36. The van der Waals surface area contributed by atoms with Crippen LogP contribution in [0.4, 0.5) is 11.4 Å². The average molecular weight is 550 g/mol. The number of nitrogens with zero attached hydrogens (tertiary/aromatic N) is 2. The molecule has 9 heteroatoms. The number of nitrogens with one attached hydrogen (secondary N) is 1. The van der Waals surface area contributed by atoms with E-state index in [9.17, 15) is 18.0 Å². The number of carbonyl (C=O) groups is 2. The second-order valence-electron chi connectivity index (χ2n) is 10.3. The fourth-order valence-electron chi connectivity index (χ4n) is 6.07. The van der Waals surface area contributed by atoms with Gasteiger partial charge in [-0.2, -0.15) is 4.31 Å². The Morgan fingerprint density at radius 1 is 0.868 bits per heavy atom. The normalized spacial score (nSPS) is 21.5. The van der Waals surface area contributed by atoms with Gasteiger partial charge in [-0.1, -0.05) is 55.1 Å². The van der Waals surface area contributed by atoms with E-state index >= 15 is 0 Å². The molecule has 2 aliphatic heterocycles. The minimum absolute atomic E-state index is 0.169. The van der Waals surface area contributed by atoms with Gasteiger partial charge in [-0.05, 0) is 60.7 Å². The zero-order valence-corrected chi connectivity index (χ0v) is 22.6. The van der Waals surface area contributed by atoms with Gasteiger partial charge in [-0.15, -0.1) is 0 Å². The summed E-state index contributed by atoms with van der Waals surface area (Å²) in [6, 6.07) is 17.8. The van der Waals surface area contributed by atoms with Crippen molar-refractivity contribution < 1.29 is 18.0 Å². The third-order valence-electron chi connectivity index (χ3n) is 8.14. The molecular formula is C29H28ClN3O4S. The lowest BCUT2D eigenvalue weighted by Crippen LogP contribution is -2.46. The number of benzene rings is 3. The van der Waals surface area contributed by atoms with Gasteiger partial charge in [0.2, 0.25) is 10.0 Å². The van der Waals surface area contributed by atoms with E-state index in [1.54, 1.807) is 41.7 Å². The highest BCUT2D eigenvalue weighted by Crippen LogP contribution is 2.44. The Kier molecular flexibility index (Phi) is 6.29. The first-order chi connectivity index (χ1) is 18.3. The minimum Gasteiger partial charge on any atom is -0.339 e. The van der Waals surface area contributed by atoms with Crippen molar-refractivity contribution in [2.24, 2.45) is 5.92 Å². The molecule has 1 saturated carbocycles. The van der Waals surface area contributed by atoms with Crippen LogP contribution in [0.2, 0.25) is 5.02 Å². The molecule has 0 aromatic heterocycles. The molecule has 0 saturated heterocycles. The van der Waals surface area contributed by atoms with Gasteiger partial charge in [-0.3, -0.25) is 14.9 Å². The highest BCUT2D eigenvalue weighted by atomic mass is 35.5. The number of rotatable bonds is 3. The predicted octanol–water partition coefficient (Wildman–Crippen LogP) is 5.61. The fraction of sp³-hybridized carbons (Fsp3) is 0.310. The van der Waals surface area contributed by atoms with Crippen LogP contribution in [-0.4, -0.2) is 44.2 Å². The van der Waals surface area contributed by atoms with Gasteiger partial charge in [0, 0.05) is 30.9 Å². The number of anilines is 2. The number of likely N-dealkylation sites (N-methyl/N-ethyl adjacent to an activating group) is 1. The molecule has 3 aromatic rings. The number of para-hydroxylation sites is 1. The van der Waals surface area contributed by atoms with E-state index in [0.717, 1.165) is 31.4 Å². The molecule has 38 heavy (non-hydrogen) atoms. The fourth-order valence-corrected chi connectivity index (χ4v) is 7.94. The van der Waals surface area contributed by atoms with Crippen molar-refractivity contribution in [3.8, 4) is 11.1 Å². The average Bonchev–Trinajstić information content (AvgIpc) is 3.17. The number of halogens is 1. The molecule has 7 nitrogen and oxygen atoms in total. The zero-order chi connectivity index (χ0) is 26.6. The first-order valence-corrected chi connectivity index (χ1v) is 14.7. The van der Waals surface area contributed by atoms with E-state index in [2.05, 4.69) is 10.2 Å². The Morgan fingerprint density at radius 2 is 1.58 bits per heavy atom. The van der Waals surface area contributed by atoms with Crippen LogP contribution in [0, 0.1) is 5.92 Å². The monoisotopic (exact) mass is 549 g/mol. The van der Waals surface area contributed by atoms with Crippen molar-refractivity contribution in [2.45, 2.75) is 43.0 Å². The molecule has 1 N–H and O–H groups in total. The number of hydrogen-bond donors (Lipinski definition) is 1. The van der Waals surface area contributed by atoms with E-state index in [-0.39, 0.29) is 22.4 Å². The number of imide groups is 1. The molecule has 3 aliphatic rings. The van der Waals surface area contributed by atoms with Gasteiger partial charge in [0.15, 0.2) is 0 Å². The van der Waals surface area contributed by atoms with Crippen LogP contribution in [-0.2, 0) is 10.0 Å². The van der Waals surface area contributed by atoms with E-state index in [1.807, 2.05) is 30.3 Å². The summed E-state index contributed by atoms with van der Waals surface area (Å²) in [7, 11) is -2.19. The molecule has 3 aromatic carbocycles. The van der Waals surface area contributed by atoms with Gasteiger partial charge in [0.05, 0.1) is 21.8 Å². The Labute approximate surface area is 227 Å². The molecule has 1 atom stereocenters. The summed E-state index contributed by atoms with van der Waals surface area (Å²) in [5.41, 5.74) is 3.03. The smallest absolute Gasteiger partial charge is 0.258 e. The van der Waals surface area contributed by atoms with Crippen molar-refractivity contribution in [2.75, 3.05) is 18.5 Å². The Hall–Kier alpha value is -3.20. The van der Waals surface area contributed by atoms with Crippen molar-refractivity contribution in [3.05, 3.63) is 76.8 Å². The number of carbonyl (C=O) groups excluding carboxylic acids is 2. The standard InChI is InChI=1S/C29H28ClN3O4S/c1-32-26(18-8-4-2-5-9-18)17-33(20-10-6-3-7-11-20)25-16-24(30)22(15-27(25)38(32,36)37)19-12-13-21-23(14-19)29(35)31-28(21)34/h3,6-7,10-16,18,26H,2,4-5,8-9,17H2,1H3,(H,31,34,35)/t26-/m0/s1. The molecule has 0 unspecified atom stereocenters. The molecule has 0 spiro atoms. The van der Waals surface area contributed by atoms with E-state index in [0.29, 0.717) is 33.9 Å². The second kappa shape index (κ2) is 9.52. The van der Waals surface area contributed by atoms with Crippen molar-refractivity contribution in [1.82, 2.24) is 9.62 Å². The van der Waals surface area contributed by atoms with Crippen LogP contribution >= 0.6 is 11.6 Å². The van der Waals surface area contributed by atoms with Crippen molar-refractivity contribution in [3.63, 3.8) is 0 Å². The molecule has 2 amide bonds. The van der Waals surface area contributed by atoms with Crippen LogP contribution < -0.4 is 10.2 Å². The van der Waals surface area contributed by atoms with Gasteiger partial charge >= 0.3 is 0 Å². The van der Waals surface area contributed by atoms with Crippen molar-refractivity contribution in [1.29, 1.82) is 0 Å². The number of amides is 2. The molecule has 6 rings (SSSR count). The maximum atomic E-state index is 14.2. The Balaban J connectivity index is 1.53. The quantitative estimate of drug-likeness (QED) is 0.429. The Bertz CT molecular complexity index is 1550. The number of fused-ring (bicyclic) bond motifs is 2. The first-order valence-electron chi connectivity index (χ1n) is 12.9. The summed E-state index contributed by atoms with van der Waals surface area (Å²) in [5, 5.41) is 2.66. The lowest BCUT2D eigenvalue weighted by atomic mass is 9.83. The molecular weight excluding hydrogens is 522 g/mol. The van der Waals surface area contributed by atoms with Crippen LogP contribution in [0.3, 0.4) is 0 Å². The molecule has 0 radical (unpaired) electrons. The predicted molar refractivity (Wildman–Crippen MR) is 147 cm³/mol. The molecule has 0 bridgehead atoms. The third kappa shape index (κ3) is 4.11. The van der Waals surface area contributed by atoms with Gasteiger partial charge in [0.25, 0.3) is 11.8 Å².